The molecule has 1 aromatic rings. The summed E-state index contributed by atoms with van der Waals surface area (Å²) in [7, 11) is 0. The molecule has 0 atom stereocenters. The van der Waals surface area contributed by atoms with Crippen LogP contribution in [0.4, 0.5) is 0 Å². The molecule has 0 saturated carbocycles. The number of rotatable bonds is 8. The van der Waals surface area contributed by atoms with E-state index in [9.17, 15) is 9.59 Å². The van der Waals surface area contributed by atoms with E-state index in [1.54, 1.807) is 6.92 Å². The summed E-state index contributed by atoms with van der Waals surface area (Å²) in [5, 5.41) is 0. The van der Waals surface area contributed by atoms with Crippen molar-refractivity contribution in [1.29, 1.82) is 0 Å². The van der Waals surface area contributed by atoms with Gasteiger partial charge in [0.15, 0.2) is 5.78 Å². The number of hydrogen-bond donors (Lipinski definition) is 0. The van der Waals surface area contributed by atoms with Gasteiger partial charge in [-0.3, -0.25) is 14.5 Å². The summed E-state index contributed by atoms with van der Waals surface area (Å²) >= 11 is 0. The van der Waals surface area contributed by atoms with Gasteiger partial charge >= 0.3 is 5.97 Å². The minimum absolute atomic E-state index is 0.0945. The van der Waals surface area contributed by atoms with E-state index in [1.165, 1.54) is 31.5 Å². The van der Waals surface area contributed by atoms with Gasteiger partial charge in [-0.15, -0.1) is 0 Å². The largest absolute Gasteiger partial charge is 0.466 e. The van der Waals surface area contributed by atoms with Crippen molar-refractivity contribution in [1.82, 2.24) is 4.90 Å². The van der Waals surface area contributed by atoms with Gasteiger partial charge in [0, 0.05) is 24.9 Å². The third-order valence-electron chi connectivity index (χ3n) is 3.97. The van der Waals surface area contributed by atoms with Crippen LogP contribution in [0, 0.1) is 0 Å². The SMILES string of the molecule is CCOC(=O)CCCC(=O)c1ccc(CN2CCCC2)cc1. The molecule has 2 rings (SSSR count). The molecule has 0 amide bonds. The maximum absolute atomic E-state index is 12.1. The van der Waals surface area contributed by atoms with Crippen molar-refractivity contribution in [2.75, 3.05) is 19.7 Å². The number of ketones is 1. The molecule has 1 aliphatic heterocycles. The van der Waals surface area contributed by atoms with Crippen molar-refractivity contribution in [2.45, 2.75) is 45.6 Å². The first kappa shape index (κ1) is 16.7. The van der Waals surface area contributed by atoms with Crippen LogP contribution >= 0.6 is 0 Å². The molecule has 1 aliphatic rings. The Hall–Kier alpha value is -1.68. The predicted molar refractivity (Wildman–Crippen MR) is 85.8 cm³/mol. The van der Waals surface area contributed by atoms with Gasteiger partial charge in [0.1, 0.15) is 0 Å². The van der Waals surface area contributed by atoms with E-state index in [1.807, 2.05) is 24.3 Å². The van der Waals surface area contributed by atoms with Crippen LogP contribution in [-0.2, 0) is 16.1 Å². The average molecular weight is 303 g/mol. The lowest BCUT2D eigenvalue weighted by molar-refractivity contribution is -0.143. The second kappa shape index (κ2) is 8.69. The molecule has 4 heteroatoms. The molecule has 1 saturated heterocycles. The lowest BCUT2D eigenvalue weighted by Gasteiger charge is -2.14. The van der Waals surface area contributed by atoms with Crippen molar-refractivity contribution in [2.24, 2.45) is 0 Å². The van der Waals surface area contributed by atoms with Crippen LogP contribution in [0.1, 0.15) is 54.9 Å². The van der Waals surface area contributed by atoms with Gasteiger partial charge in [-0.05, 0) is 44.8 Å². The zero-order valence-corrected chi connectivity index (χ0v) is 13.3. The molecule has 120 valence electrons. The van der Waals surface area contributed by atoms with Crippen LogP contribution < -0.4 is 0 Å². The van der Waals surface area contributed by atoms with Crippen molar-refractivity contribution in [3.05, 3.63) is 35.4 Å². The molecule has 1 heterocycles. The van der Waals surface area contributed by atoms with Crippen LogP contribution in [0.2, 0.25) is 0 Å². The molecule has 4 nitrogen and oxygen atoms in total. The standard InChI is InChI=1S/C18H25NO3/c1-2-22-18(21)7-5-6-17(20)16-10-8-15(9-11-16)14-19-12-3-4-13-19/h8-11H,2-7,12-14H2,1H3. The fourth-order valence-corrected chi connectivity index (χ4v) is 2.77. The molecular weight excluding hydrogens is 278 g/mol. The molecule has 0 radical (unpaired) electrons. The Labute approximate surface area is 132 Å². The Bertz CT molecular complexity index is 490. The van der Waals surface area contributed by atoms with Gasteiger partial charge in [0.05, 0.1) is 6.61 Å². The number of likely N-dealkylation sites (tertiary alicyclic amines) is 1. The molecule has 0 unspecified atom stereocenters. The van der Waals surface area contributed by atoms with Gasteiger partial charge in [0.25, 0.3) is 0 Å². The van der Waals surface area contributed by atoms with Crippen molar-refractivity contribution in [3.63, 3.8) is 0 Å². The zero-order valence-electron chi connectivity index (χ0n) is 13.3. The summed E-state index contributed by atoms with van der Waals surface area (Å²) in [5.74, 6) is -0.131. The monoisotopic (exact) mass is 303 g/mol. The summed E-state index contributed by atoms with van der Waals surface area (Å²) < 4.78 is 4.85. The molecule has 1 fully saturated rings. The molecule has 0 bridgehead atoms. The lowest BCUT2D eigenvalue weighted by atomic mass is 10.0. The Morgan fingerprint density at radius 2 is 1.77 bits per heavy atom. The summed E-state index contributed by atoms with van der Waals surface area (Å²) in [6, 6.07) is 7.88. The topological polar surface area (TPSA) is 46.6 Å². The second-order valence-corrected chi connectivity index (χ2v) is 5.76. The van der Waals surface area contributed by atoms with Crippen LogP contribution in [0.25, 0.3) is 0 Å². The first-order valence-electron chi connectivity index (χ1n) is 8.19. The Kier molecular flexibility index (Phi) is 6.59. The first-order valence-corrected chi connectivity index (χ1v) is 8.19. The molecule has 0 spiro atoms. The lowest BCUT2D eigenvalue weighted by Crippen LogP contribution is -2.18. The van der Waals surface area contributed by atoms with Gasteiger partial charge in [-0.1, -0.05) is 24.3 Å². The molecule has 0 aliphatic carbocycles. The van der Waals surface area contributed by atoms with Crippen LogP contribution in [0.3, 0.4) is 0 Å². The smallest absolute Gasteiger partial charge is 0.305 e. The maximum Gasteiger partial charge on any atom is 0.305 e. The number of Topliss-reactive ketones (excluding diaryl/α,β-unsaturated/α-hetero) is 1. The van der Waals surface area contributed by atoms with Crippen molar-refractivity contribution < 1.29 is 14.3 Å². The average Bonchev–Trinajstić information content (AvgIpc) is 3.01. The summed E-state index contributed by atoms with van der Waals surface area (Å²) in [4.78, 5) is 25.8. The van der Waals surface area contributed by atoms with E-state index in [2.05, 4.69) is 4.90 Å². The van der Waals surface area contributed by atoms with Crippen LogP contribution in [0.5, 0.6) is 0 Å². The third-order valence-corrected chi connectivity index (χ3v) is 3.97. The number of carbonyl (C=O) groups excluding carboxylic acids is 2. The fraction of sp³-hybridized carbons (Fsp3) is 0.556. The quantitative estimate of drug-likeness (QED) is 0.546. The van der Waals surface area contributed by atoms with E-state index < -0.39 is 0 Å². The van der Waals surface area contributed by atoms with Crippen LogP contribution in [0.15, 0.2) is 24.3 Å². The van der Waals surface area contributed by atoms with Gasteiger partial charge in [-0.25, -0.2) is 0 Å². The molecule has 1 aromatic carbocycles. The maximum atomic E-state index is 12.1. The third kappa shape index (κ3) is 5.26. The number of nitrogens with zero attached hydrogens (tertiary/aromatic N) is 1. The molecular formula is C18H25NO3. The van der Waals surface area contributed by atoms with Crippen molar-refractivity contribution >= 4 is 11.8 Å². The second-order valence-electron chi connectivity index (χ2n) is 5.76. The fourth-order valence-electron chi connectivity index (χ4n) is 2.77. The van der Waals surface area contributed by atoms with E-state index in [-0.39, 0.29) is 11.8 Å². The highest BCUT2D eigenvalue weighted by Gasteiger charge is 2.12. The number of carbonyl (C=O) groups is 2. The molecule has 0 N–H and O–H groups in total. The predicted octanol–water partition coefficient (Wildman–Crippen LogP) is 3.20. The molecule has 0 aromatic heterocycles. The summed E-state index contributed by atoms with van der Waals surface area (Å²) in [6.45, 7) is 5.50. The van der Waals surface area contributed by atoms with Crippen LogP contribution in [-0.4, -0.2) is 36.3 Å². The minimum atomic E-state index is -0.226. The van der Waals surface area contributed by atoms with E-state index in [0.29, 0.717) is 25.9 Å². The summed E-state index contributed by atoms with van der Waals surface area (Å²) in [6.07, 6.45) is 3.83. The summed E-state index contributed by atoms with van der Waals surface area (Å²) in [5.41, 5.74) is 1.99. The Balaban J connectivity index is 1.76. The normalized spacial score (nSPS) is 15.0. The Morgan fingerprint density at radius 1 is 1.09 bits per heavy atom. The number of benzene rings is 1. The first-order chi connectivity index (χ1) is 10.7. The van der Waals surface area contributed by atoms with Gasteiger partial charge in [-0.2, -0.15) is 0 Å². The minimum Gasteiger partial charge on any atom is -0.466 e. The van der Waals surface area contributed by atoms with E-state index >= 15 is 0 Å². The number of hydrogen-bond acceptors (Lipinski definition) is 4. The number of ether oxygens (including phenoxy) is 1. The van der Waals surface area contributed by atoms with Gasteiger partial charge < -0.3 is 4.74 Å². The van der Waals surface area contributed by atoms with E-state index in [4.69, 9.17) is 4.74 Å². The Morgan fingerprint density at radius 3 is 2.41 bits per heavy atom. The highest BCUT2D eigenvalue weighted by atomic mass is 16.5. The van der Waals surface area contributed by atoms with Gasteiger partial charge in [0.2, 0.25) is 0 Å². The zero-order chi connectivity index (χ0) is 15.8. The van der Waals surface area contributed by atoms with Crippen molar-refractivity contribution in [3.8, 4) is 0 Å². The highest BCUT2D eigenvalue weighted by Crippen LogP contribution is 2.14. The number of esters is 1. The highest BCUT2D eigenvalue weighted by molar-refractivity contribution is 5.96. The molecule has 22 heavy (non-hydrogen) atoms. The van der Waals surface area contributed by atoms with E-state index in [0.717, 1.165) is 12.1 Å².